The minimum atomic E-state index is -0.783. The van der Waals surface area contributed by atoms with Crippen LogP contribution in [0, 0.1) is 0 Å². The molecule has 1 aromatic carbocycles. The molecule has 0 aliphatic carbocycles. The van der Waals surface area contributed by atoms with Gasteiger partial charge in [-0.15, -0.1) is 11.6 Å². The lowest BCUT2D eigenvalue weighted by molar-refractivity contribution is -0.137. The molecule has 0 heterocycles. The maximum atomic E-state index is 11.4. The van der Waals surface area contributed by atoms with E-state index in [1.54, 1.807) is 12.1 Å². The normalized spacial score (nSPS) is 9.95. The Balaban J connectivity index is 2.38. The van der Waals surface area contributed by atoms with Gasteiger partial charge in [-0.25, -0.2) is 4.79 Å². The van der Waals surface area contributed by atoms with Crippen LogP contribution in [0.2, 0.25) is 0 Å². The number of aryl methyl sites for hydroxylation is 1. The summed E-state index contributed by atoms with van der Waals surface area (Å²) in [5, 5.41) is 13.8. The van der Waals surface area contributed by atoms with Crippen molar-refractivity contribution in [1.29, 1.82) is 0 Å². The van der Waals surface area contributed by atoms with Crippen molar-refractivity contribution in [1.82, 2.24) is 5.32 Å². The lowest BCUT2D eigenvalue weighted by Crippen LogP contribution is -2.30. The molecule has 104 valence electrons. The first-order valence-electron chi connectivity index (χ1n) is 6.03. The number of amides is 2. The summed E-state index contributed by atoms with van der Waals surface area (Å²) in [6, 6.07) is 7.03. The summed E-state index contributed by atoms with van der Waals surface area (Å²) in [5.74, 6) is -0.412. The Hall–Kier alpha value is -1.75. The van der Waals surface area contributed by atoms with Crippen LogP contribution in [0.4, 0.5) is 10.5 Å². The van der Waals surface area contributed by atoms with Gasteiger partial charge in [-0.05, 0) is 30.5 Å². The third-order valence-electron chi connectivity index (χ3n) is 2.45. The SMILES string of the molecule is O=C(O)CCCc1ccc(NC(=O)NCCCl)cc1. The summed E-state index contributed by atoms with van der Waals surface area (Å²) in [6.07, 6.45) is 1.49. The average Bonchev–Trinajstić information content (AvgIpc) is 2.38. The first kappa shape index (κ1) is 15.3. The summed E-state index contributed by atoms with van der Waals surface area (Å²) < 4.78 is 0. The van der Waals surface area contributed by atoms with Crippen LogP contribution in [-0.4, -0.2) is 29.5 Å². The van der Waals surface area contributed by atoms with E-state index in [2.05, 4.69) is 10.6 Å². The first-order valence-corrected chi connectivity index (χ1v) is 6.57. The number of carboxylic acids is 1. The molecule has 2 amide bonds. The predicted molar refractivity (Wildman–Crippen MR) is 74.8 cm³/mol. The summed E-state index contributed by atoms with van der Waals surface area (Å²) in [6.45, 7) is 0.417. The van der Waals surface area contributed by atoms with Crippen molar-refractivity contribution in [2.24, 2.45) is 0 Å². The van der Waals surface area contributed by atoms with Gasteiger partial charge in [0.25, 0.3) is 0 Å². The molecule has 0 spiro atoms. The van der Waals surface area contributed by atoms with Crippen LogP contribution in [0.5, 0.6) is 0 Å². The van der Waals surface area contributed by atoms with E-state index < -0.39 is 5.97 Å². The van der Waals surface area contributed by atoms with E-state index in [9.17, 15) is 9.59 Å². The number of hydrogen-bond donors (Lipinski definition) is 3. The zero-order valence-corrected chi connectivity index (χ0v) is 11.2. The third kappa shape index (κ3) is 6.67. The van der Waals surface area contributed by atoms with E-state index in [0.29, 0.717) is 31.0 Å². The molecule has 0 saturated carbocycles. The first-order chi connectivity index (χ1) is 9.11. The maximum absolute atomic E-state index is 11.4. The fourth-order valence-corrected chi connectivity index (χ4v) is 1.63. The molecule has 0 aliphatic heterocycles. The molecule has 0 saturated heterocycles. The minimum absolute atomic E-state index is 0.167. The number of urea groups is 1. The summed E-state index contributed by atoms with van der Waals surface area (Å²) in [5.41, 5.74) is 1.74. The summed E-state index contributed by atoms with van der Waals surface area (Å²) in [4.78, 5) is 21.7. The molecule has 1 rings (SSSR count). The topological polar surface area (TPSA) is 78.4 Å². The van der Waals surface area contributed by atoms with Crippen LogP contribution in [0.15, 0.2) is 24.3 Å². The molecule has 0 aliphatic rings. The molecule has 6 heteroatoms. The van der Waals surface area contributed by atoms with Gasteiger partial charge in [0.1, 0.15) is 0 Å². The van der Waals surface area contributed by atoms with Gasteiger partial charge in [0.2, 0.25) is 0 Å². The van der Waals surface area contributed by atoms with Gasteiger partial charge in [-0.1, -0.05) is 12.1 Å². The Bertz CT molecular complexity index is 420. The van der Waals surface area contributed by atoms with E-state index in [1.807, 2.05) is 12.1 Å². The van der Waals surface area contributed by atoms with Gasteiger partial charge in [-0.3, -0.25) is 4.79 Å². The predicted octanol–water partition coefficient (Wildman–Crippen LogP) is 2.45. The Morgan fingerprint density at radius 2 is 1.89 bits per heavy atom. The smallest absolute Gasteiger partial charge is 0.319 e. The monoisotopic (exact) mass is 284 g/mol. The lowest BCUT2D eigenvalue weighted by atomic mass is 10.1. The molecule has 0 unspecified atom stereocenters. The second kappa shape index (κ2) is 8.37. The van der Waals surface area contributed by atoms with Crippen molar-refractivity contribution in [3.8, 4) is 0 Å². The van der Waals surface area contributed by atoms with Crippen LogP contribution in [0.25, 0.3) is 0 Å². The van der Waals surface area contributed by atoms with E-state index in [4.69, 9.17) is 16.7 Å². The average molecular weight is 285 g/mol. The highest BCUT2D eigenvalue weighted by Crippen LogP contribution is 2.11. The lowest BCUT2D eigenvalue weighted by Gasteiger charge is -2.07. The molecule has 5 nitrogen and oxygen atoms in total. The number of carbonyl (C=O) groups is 2. The highest BCUT2D eigenvalue weighted by atomic mass is 35.5. The van der Waals surface area contributed by atoms with E-state index >= 15 is 0 Å². The van der Waals surface area contributed by atoms with Crippen LogP contribution < -0.4 is 10.6 Å². The molecule has 3 N–H and O–H groups in total. The zero-order chi connectivity index (χ0) is 14.1. The van der Waals surface area contributed by atoms with E-state index in [-0.39, 0.29) is 12.5 Å². The third-order valence-corrected chi connectivity index (χ3v) is 2.64. The van der Waals surface area contributed by atoms with Crippen LogP contribution >= 0.6 is 11.6 Å². The van der Waals surface area contributed by atoms with Gasteiger partial charge in [0, 0.05) is 24.5 Å². The van der Waals surface area contributed by atoms with Crippen LogP contribution in [-0.2, 0) is 11.2 Å². The van der Waals surface area contributed by atoms with Gasteiger partial charge in [0.15, 0.2) is 0 Å². The highest BCUT2D eigenvalue weighted by Gasteiger charge is 2.01. The fourth-order valence-electron chi connectivity index (χ4n) is 1.53. The van der Waals surface area contributed by atoms with Crippen molar-refractivity contribution in [2.75, 3.05) is 17.7 Å². The van der Waals surface area contributed by atoms with Crippen molar-refractivity contribution < 1.29 is 14.7 Å². The van der Waals surface area contributed by atoms with E-state index in [0.717, 1.165) is 5.56 Å². The zero-order valence-electron chi connectivity index (χ0n) is 10.5. The molecular formula is C13H17ClN2O3. The molecule has 1 aromatic rings. The van der Waals surface area contributed by atoms with Gasteiger partial charge >= 0.3 is 12.0 Å². The number of aliphatic carboxylic acids is 1. The number of alkyl halides is 1. The second-order valence-corrected chi connectivity index (χ2v) is 4.39. The number of hydrogen-bond acceptors (Lipinski definition) is 2. The Morgan fingerprint density at radius 1 is 1.21 bits per heavy atom. The number of anilines is 1. The molecular weight excluding hydrogens is 268 g/mol. The largest absolute Gasteiger partial charge is 0.481 e. The van der Waals surface area contributed by atoms with Crippen LogP contribution in [0.3, 0.4) is 0 Å². The maximum Gasteiger partial charge on any atom is 0.319 e. The summed E-state index contributed by atoms with van der Waals surface area (Å²) in [7, 11) is 0. The number of carboxylic acid groups (broad SMARTS) is 1. The van der Waals surface area contributed by atoms with Crippen LogP contribution in [0.1, 0.15) is 18.4 Å². The van der Waals surface area contributed by atoms with Crippen molar-refractivity contribution >= 4 is 29.3 Å². The second-order valence-electron chi connectivity index (χ2n) is 4.01. The van der Waals surface area contributed by atoms with Crippen molar-refractivity contribution in [2.45, 2.75) is 19.3 Å². The Labute approximate surface area is 117 Å². The Kier molecular flexibility index (Phi) is 6.74. The minimum Gasteiger partial charge on any atom is -0.481 e. The molecule has 19 heavy (non-hydrogen) atoms. The number of nitrogens with one attached hydrogen (secondary N) is 2. The number of rotatable bonds is 7. The number of halogens is 1. The van der Waals surface area contributed by atoms with Crippen molar-refractivity contribution in [3.05, 3.63) is 29.8 Å². The highest BCUT2D eigenvalue weighted by molar-refractivity contribution is 6.18. The van der Waals surface area contributed by atoms with Gasteiger partial charge < -0.3 is 15.7 Å². The number of benzene rings is 1. The number of carbonyl (C=O) groups excluding carboxylic acids is 1. The van der Waals surface area contributed by atoms with Gasteiger partial charge in [-0.2, -0.15) is 0 Å². The quantitative estimate of drug-likeness (QED) is 0.673. The van der Waals surface area contributed by atoms with E-state index in [1.165, 1.54) is 0 Å². The molecule has 0 bridgehead atoms. The molecule has 0 aromatic heterocycles. The Morgan fingerprint density at radius 3 is 2.47 bits per heavy atom. The fraction of sp³-hybridized carbons (Fsp3) is 0.385. The summed E-state index contributed by atoms with van der Waals surface area (Å²) >= 11 is 5.46. The standard InChI is InChI=1S/C13H17ClN2O3/c14-8-9-15-13(19)16-11-6-4-10(5-7-11)2-1-3-12(17)18/h4-7H,1-3,8-9H2,(H,17,18)(H2,15,16,19). The van der Waals surface area contributed by atoms with Crippen molar-refractivity contribution in [3.63, 3.8) is 0 Å². The molecule has 0 fully saturated rings. The molecule has 0 radical (unpaired) electrons. The van der Waals surface area contributed by atoms with Gasteiger partial charge in [0.05, 0.1) is 0 Å². The molecule has 0 atom stereocenters.